The molecule has 1 saturated carbocycles. The fraction of sp³-hybridized carbons (Fsp3) is 0.500. The van der Waals surface area contributed by atoms with Gasteiger partial charge in [0.2, 0.25) is 0 Å². The highest BCUT2D eigenvalue weighted by molar-refractivity contribution is 7.92. The van der Waals surface area contributed by atoms with Gasteiger partial charge in [-0.2, -0.15) is 0 Å². The van der Waals surface area contributed by atoms with E-state index in [0.717, 1.165) is 42.8 Å². The second-order valence-electron chi connectivity index (χ2n) is 12.7. The number of anilines is 1. The summed E-state index contributed by atoms with van der Waals surface area (Å²) >= 11 is 6.39. The zero-order valence-corrected chi connectivity index (χ0v) is 26.8. The molecule has 3 aliphatic rings. The number of rotatable bonds is 9. The molecule has 1 aliphatic heterocycles. The van der Waals surface area contributed by atoms with E-state index in [2.05, 4.69) is 34.6 Å². The SMILES string of the molecule is C=CCC(C)C(C)S(N)(=O)=NC(=O)c1ccc2c(c1)N(CC1CCC1C(O)C=C)CC1(CCCc3cc(Cl)ccc31)CO2. The van der Waals surface area contributed by atoms with Gasteiger partial charge < -0.3 is 14.7 Å². The average Bonchev–Trinajstić information content (AvgIpc) is 3.11. The van der Waals surface area contributed by atoms with Crippen molar-refractivity contribution in [2.24, 2.45) is 27.3 Å². The Morgan fingerprint density at radius 2 is 2.07 bits per heavy atom. The van der Waals surface area contributed by atoms with E-state index in [0.29, 0.717) is 37.4 Å². The molecule has 7 unspecified atom stereocenters. The van der Waals surface area contributed by atoms with E-state index in [1.165, 1.54) is 11.1 Å². The number of benzene rings is 2. The Hall–Kier alpha value is -2.65. The van der Waals surface area contributed by atoms with Gasteiger partial charge in [-0.3, -0.25) is 4.79 Å². The van der Waals surface area contributed by atoms with E-state index < -0.39 is 27.2 Å². The minimum absolute atomic E-state index is 0.0340. The first-order valence-corrected chi connectivity index (χ1v) is 17.3. The molecule has 1 fully saturated rings. The van der Waals surface area contributed by atoms with Crippen molar-refractivity contribution >= 4 is 33.1 Å². The normalized spacial score (nSPS) is 26.3. The summed E-state index contributed by atoms with van der Waals surface area (Å²) in [5.41, 5.74) is 3.37. The molecule has 1 amide bonds. The highest BCUT2D eigenvalue weighted by Gasteiger charge is 2.44. The summed E-state index contributed by atoms with van der Waals surface area (Å²) in [5.74, 6) is 0.458. The molecule has 1 heterocycles. The first-order chi connectivity index (χ1) is 20.5. The standard InChI is InChI=1S/C34H44ClN3O4S/c1-5-8-22(3)23(4)43(36,41)37-33(40)25-11-15-32-30(18-25)38(19-26-10-13-28(26)31(39)6-2)20-34(21-42-32)16-7-9-24-17-27(35)12-14-29(24)34/h5-6,11-12,14-15,17-18,22-23,26,28,31,39H,1-2,7-10,13,16,19-21H2,3-4H3,(H2,36,37,40,41). The molecule has 43 heavy (non-hydrogen) atoms. The fourth-order valence-corrected chi connectivity index (χ4v) is 8.53. The largest absolute Gasteiger partial charge is 0.490 e. The van der Waals surface area contributed by atoms with Crippen LogP contribution in [0.4, 0.5) is 5.69 Å². The van der Waals surface area contributed by atoms with Crippen molar-refractivity contribution < 1.29 is 18.8 Å². The average molecular weight is 626 g/mol. The van der Waals surface area contributed by atoms with Gasteiger partial charge in [0, 0.05) is 29.1 Å². The number of aliphatic hydroxyl groups is 1. The molecule has 5 rings (SSSR count). The van der Waals surface area contributed by atoms with Crippen molar-refractivity contribution in [1.82, 2.24) is 0 Å². The minimum atomic E-state index is -3.28. The molecular formula is C34H44ClN3O4S. The van der Waals surface area contributed by atoms with Gasteiger partial charge in [-0.25, -0.2) is 9.35 Å². The Kier molecular flexibility index (Phi) is 9.42. The number of aliphatic hydroxyl groups excluding tert-OH is 1. The molecule has 9 heteroatoms. The number of aryl methyl sites for hydroxylation is 1. The molecule has 0 radical (unpaired) electrons. The van der Waals surface area contributed by atoms with Crippen LogP contribution in [-0.2, 0) is 21.8 Å². The van der Waals surface area contributed by atoms with Crippen LogP contribution in [0.2, 0.25) is 5.02 Å². The summed E-state index contributed by atoms with van der Waals surface area (Å²) < 4.78 is 23.9. The summed E-state index contributed by atoms with van der Waals surface area (Å²) in [6.07, 6.45) is 8.38. The van der Waals surface area contributed by atoms with Crippen molar-refractivity contribution in [2.45, 2.75) is 69.1 Å². The van der Waals surface area contributed by atoms with Gasteiger partial charge in [-0.1, -0.05) is 36.7 Å². The predicted molar refractivity (Wildman–Crippen MR) is 175 cm³/mol. The second kappa shape index (κ2) is 12.8. The number of hydrogen-bond donors (Lipinski definition) is 2. The molecule has 232 valence electrons. The van der Waals surface area contributed by atoms with Gasteiger partial charge in [0.1, 0.15) is 15.7 Å². The Morgan fingerprint density at radius 1 is 1.28 bits per heavy atom. The van der Waals surface area contributed by atoms with E-state index in [-0.39, 0.29) is 23.2 Å². The molecule has 3 N–H and O–H groups in total. The van der Waals surface area contributed by atoms with Crippen LogP contribution in [0.1, 0.15) is 67.4 Å². The number of nitrogens with zero attached hydrogens (tertiary/aromatic N) is 2. The molecule has 0 saturated heterocycles. The third-order valence-corrected chi connectivity index (χ3v) is 12.2. The first kappa shape index (κ1) is 31.8. The maximum absolute atomic E-state index is 13.4. The third-order valence-electron chi connectivity index (χ3n) is 9.99. The molecule has 0 bridgehead atoms. The Morgan fingerprint density at radius 3 is 2.77 bits per heavy atom. The zero-order valence-electron chi connectivity index (χ0n) is 25.2. The van der Waals surface area contributed by atoms with Crippen LogP contribution in [0.5, 0.6) is 5.75 Å². The van der Waals surface area contributed by atoms with Gasteiger partial charge in [0.15, 0.2) is 0 Å². The Balaban J connectivity index is 1.52. The molecule has 2 aliphatic carbocycles. The van der Waals surface area contributed by atoms with Gasteiger partial charge in [0.05, 0.1) is 23.6 Å². The maximum atomic E-state index is 13.4. The summed E-state index contributed by atoms with van der Waals surface area (Å²) in [6.45, 7) is 13.2. The minimum Gasteiger partial charge on any atom is -0.490 e. The molecule has 2 aromatic rings. The topological polar surface area (TPSA) is 105 Å². The number of allylic oxidation sites excluding steroid dienone is 1. The number of carbonyl (C=O) groups excluding carboxylic acids is 1. The smallest absolute Gasteiger partial charge is 0.286 e. The molecular weight excluding hydrogens is 582 g/mol. The number of carbonyl (C=O) groups is 1. The van der Waals surface area contributed by atoms with E-state index in [4.69, 9.17) is 21.5 Å². The summed E-state index contributed by atoms with van der Waals surface area (Å²) in [4.78, 5) is 15.7. The van der Waals surface area contributed by atoms with Crippen LogP contribution in [0.3, 0.4) is 0 Å². The number of amides is 1. The number of ether oxygens (including phenoxy) is 1. The Bertz CT molecular complexity index is 1520. The lowest BCUT2D eigenvalue weighted by molar-refractivity contribution is 0.0460. The predicted octanol–water partition coefficient (Wildman–Crippen LogP) is 6.47. The summed E-state index contributed by atoms with van der Waals surface area (Å²) in [6, 6.07) is 11.5. The van der Waals surface area contributed by atoms with E-state index in [1.54, 1.807) is 31.2 Å². The molecule has 1 spiro atoms. The maximum Gasteiger partial charge on any atom is 0.286 e. The zero-order chi connectivity index (χ0) is 30.9. The molecule has 7 nitrogen and oxygen atoms in total. The molecule has 2 aromatic carbocycles. The molecule has 7 atom stereocenters. The fourth-order valence-electron chi connectivity index (χ4n) is 7.03. The third kappa shape index (κ3) is 6.44. The van der Waals surface area contributed by atoms with Crippen molar-refractivity contribution in [1.29, 1.82) is 0 Å². The highest BCUT2D eigenvalue weighted by atomic mass is 35.5. The van der Waals surface area contributed by atoms with Crippen molar-refractivity contribution in [3.05, 3.63) is 83.4 Å². The number of fused-ring (bicyclic) bond motifs is 3. The van der Waals surface area contributed by atoms with Crippen LogP contribution in [-0.4, -0.2) is 46.3 Å². The van der Waals surface area contributed by atoms with Gasteiger partial charge in [-0.15, -0.1) is 17.5 Å². The van der Waals surface area contributed by atoms with E-state index >= 15 is 0 Å². The lowest BCUT2D eigenvalue weighted by atomic mass is 9.68. The van der Waals surface area contributed by atoms with Crippen molar-refractivity contribution in [3.8, 4) is 5.75 Å². The second-order valence-corrected chi connectivity index (χ2v) is 15.3. The Labute approximate surface area is 261 Å². The monoisotopic (exact) mass is 625 g/mol. The van der Waals surface area contributed by atoms with Crippen LogP contribution < -0.4 is 14.8 Å². The van der Waals surface area contributed by atoms with E-state index in [1.807, 2.05) is 19.1 Å². The number of nitrogens with two attached hydrogens (primary N) is 1. The van der Waals surface area contributed by atoms with Crippen LogP contribution in [0.15, 0.2) is 66.1 Å². The van der Waals surface area contributed by atoms with E-state index in [9.17, 15) is 14.1 Å². The van der Waals surface area contributed by atoms with Gasteiger partial charge >= 0.3 is 0 Å². The van der Waals surface area contributed by atoms with Gasteiger partial charge in [0.25, 0.3) is 5.91 Å². The summed E-state index contributed by atoms with van der Waals surface area (Å²) in [7, 11) is -3.28. The number of halogens is 1. The lowest BCUT2D eigenvalue weighted by Crippen LogP contribution is -2.49. The first-order valence-electron chi connectivity index (χ1n) is 15.3. The highest BCUT2D eigenvalue weighted by Crippen LogP contribution is 2.46. The van der Waals surface area contributed by atoms with Crippen LogP contribution in [0, 0.1) is 17.8 Å². The van der Waals surface area contributed by atoms with Crippen molar-refractivity contribution in [3.63, 3.8) is 0 Å². The quantitative estimate of drug-likeness (QED) is 0.311. The van der Waals surface area contributed by atoms with Gasteiger partial charge in [-0.05, 0) is 105 Å². The molecule has 0 aromatic heterocycles. The van der Waals surface area contributed by atoms with Crippen LogP contribution >= 0.6 is 11.6 Å². The van der Waals surface area contributed by atoms with Crippen molar-refractivity contribution in [2.75, 3.05) is 24.6 Å². The summed E-state index contributed by atoms with van der Waals surface area (Å²) in [5, 5.41) is 17.0. The van der Waals surface area contributed by atoms with Crippen LogP contribution in [0.25, 0.3) is 0 Å². The number of hydrogen-bond acceptors (Lipinski definition) is 5. The lowest BCUT2D eigenvalue weighted by Gasteiger charge is -2.45.